The number of nitrogens with two attached hydrogens (primary N) is 1. The van der Waals surface area contributed by atoms with E-state index in [4.69, 9.17) is 5.73 Å². The van der Waals surface area contributed by atoms with Gasteiger partial charge in [-0.2, -0.15) is 0 Å². The highest BCUT2D eigenvalue weighted by Gasteiger charge is 2.10. The Morgan fingerprint density at radius 1 is 1.62 bits per heavy atom. The topological polar surface area (TPSA) is 55.1 Å². The van der Waals surface area contributed by atoms with Crippen LogP contribution in [0.4, 0.5) is 4.39 Å². The van der Waals surface area contributed by atoms with Crippen LogP contribution in [-0.4, -0.2) is 18.5 Å². The maximum absolute atomic E-state index is 12.8. The lowest BCUT2D eigenvalue weighted by atomic mass is 10.2. The van der Waals surface area contributed by atoms with Crippen molar-refractivity contribution < 1.29 is 9.18 Å². The fourth-order valence-electron chi connectivity index (χ4n) is 1.18. The van der Waals surface area contributed by atoms with Gasteiger partial charge in [-0.1, -0.05) is 0 Å². The molecule has 0 aliphatic rings. The molecule has 88 valence electrons. The molecule has 3 nitrogen and oxygen atoms in total. The zero-order valence-electron chi connectivity index (χ0n) is 8.97. The maximum Gasteiger partial charge on any atom is 0.252 e. The molecule has 0 spiro atoms. The number of halogens is 2. The average Bonchev–Trinajstić information content (AvgIpc) is 2.16. The normalized spacial score (nSPS) is 12.2. The van der Waals surface area contributed by atoms with Gasteiger partial charge in [-0.05, 0) is 47.5 Å². The van der Waals surface area contributed by atoms with Crippen LogP contribution in [0, 0.1) is 5.82 Å². The molecular formula is C11H14BrFN2O. The Bertz CT molecular complexity index is 382. The van der Waals surface area contributed by atoms with E-state index in [-0.39, 0.29) is 17.8 Å². The van der Waals surface area contributed by atoms with Gasteiger partial charge in [-0.15, -0.1) is 0 Å². The first-order chi connectivity index (χ1) is 7.50. The zero-order valence-corrected chi connectivity index (χ0v) is 10.6. The molecule has 1 atom stereocenters. The molecule has 1 aromatic rings. The van der Waals surface area contributed by atoms with E-state index in [1.807, 2.05) is 6.92 Å². The van der Waals surface area contributed by atoms with Crippen LogP contribution in [0.2, 0.25) is 0 Å². The SMILES string of the molecule is CC(N)CCNC(=O)c1ccc(F)cc1Br. The van der Waals surface area contributed by atoms with Crippen LogP contribution in [-0.2, 0) is 0 Å². The second-order valence-corrected chi connectivity index (χ2v) is 4.50. The van der Waals surface area contributed by atoms with Crippen LogP contribution in [0.1, 0.15) is 23.7 Å². The number of nitrogens with one attached hydrogen (secondary N) is 1. The van der Waals surface area contributed by atoms with Gasteiger partial charge in [0.25, 0.3) is 5.91 Å². The van der Waals surface area contributed by atoms with E-state index in [1.165, 1.54) is 18.2 Å². The van der Waals surface area contributed by atoms with Crippen molar-refractivity contribution in [3.63, 3.8) is 0 Å². The molecule has 0 saturated carbocycles. The lowest BCUT2D eigenvalue weighted by Gasteiger charge is -2.08. The standard InChI is InChI=1S/C11H14BrFN2O/c1-7(14)4-5-15-11(16)9-3-2-8(13)6-10(9)12/h2-3,6-7H,4-5,14H2,1H3,(H,15,16). The van der Waals surface area contributed by atoms with Crippen LogP contribution in [0.5, 0.6) is 0 Å². The Kier molecular flexibility index (Phi) is 4.89. The molecule has 0 aliphatic heterocycles. The summed E-state index contributed by atoms with van der Waals surface area (Å²) in [6.07, 6.45) is 0.713. The minimum atomic E-state index is -0.376. The van der Waals surface area contributed by atoms with Crippen molar-refractivity contribution in [3.8, 4) is 0 Å². The first kappa shape index (κ1) is 13.1. The van der Waals surface area contributed by atoms with Crippen molar-refractivity contribution in [2.45, 2.75) is 19.4 Å². The smallest absolute Gasteiger partial charge is 0.252 e. The third-order valence-electron chi connectivity index (χ3n) is 2.06. The molecule has 0 bridgehead atoms. The Labute approximate surface area is 102 Å². The van der Waals surface area contributed by atoms with Crippen molar-refractivity contribution in [2.75, 3.05) is 6.54 Å². The molecule has 5 heteroatoms. The molecule has 0 saturated heterocycles. The second kappa shape index (κ2) is 5.96. The first-order valence-electron chi connectivity index (χ1n) is 4.99. The molecular weight excluding hydrogens is 275 g/mol. The summed E-state index contributed by atoms with van der Waals surface area (Å²) in [4.78, 5) is 11.7. The minimum absolute atomic E-state index is 0.0527. The van der Waals surface area contributed by atoms with E-state index < -0.39 is 0 Å². The fourth-order valence-corrected chi connectivity index (χ4v) is 1.71. The Balaban J connectivity index is 2.59. The highest BCUT2D eigenvalue weighted by atomic mass is 79.9. The van der Waals surface area contributed by atoms with E-state index in [1.54, 1.807) is 0 Å². The minimum Gasteiger partial charge on any atom is -0.352 e. The Morgan fingerprint density at radius 2 is 2.31 bits per heavy atom. The lowest BCUT2D eigenvalue weighted by molar-refractivity contribution is 0.0952. The molecule has 1 aromatic carbocycles. The van der Waals surface area contributed by atoms with Gasteiger partial charge >= 0.3 is 0 Å². The molecule has 16 heavy (non-hydrogen) atoms. The molecule has 3 N–H and O–H groups in total. The van der Waals surface area contributed by atoms with Gasteiger partial charge in [0, 0.05) is 17.1 Å². The summed E-state index contributed by atoms with van der Waals surface area (Å²) in [5.41, 5.74) is 5.98. The van der Waals surface area contributed by atoms with Crippen LogP contribution >= 0.6 is 15.9 Å². The number of rotatable bonds is 4. The molecule has 1 amide bonds. The predicted octanol–water partition coefficient (Wildman–Crippen LogP) is 2.06. The van der Waals surface area contributed by atoms with E-state index >= 15 is 0 Å². The highest BCUT2D eigenvalue weighted by Crippen LogP contribution is 2.17. The Hall–Kier alpha value is -0.940. The van der Waals surface area contributed by atoms with Crippen LogP contribution in [0.15, 0.2) is 22.7 Å². The van der Waals surface area contributed by atoms with E-state index in [0.717, 1.165) is 0 Å². The van der Waals surface area contributed by atoms with Crippen molar-refractivity contribution in [3.05, 3.63) is 34.1 Å². The van der Waals surface area contributed by atoms with Crippen molar-refractivity contribution in [1.82, 2.24) is 5.32 Å². The highest BCUT2D eigenvalue weighted by molar-refractivity contribution is 9.10. The monoisotopic (exact) mass is 288 g/mol. The third-order valence-corrected chi connectivity index (χ3v) is 2.72. The van der Waals surface area contributed by atoms with E-state index in [9.17, 15) is 9.18 Å². The van der Waals surface area contributed by atoms with Gasteiger partial charge in [0.1, 0.15) is 5.82 Å². The Morgan fingerprint density at radius 3 is 2.88 bits per heavy atom. The number of hydrogen-bond acceptors (Lipinski definition) is 2. The molecule has 0 heterocycles. The number of carbonyl (C=O) groups excluding carboxylic acids is 1. The summed E-state index contributed by atoms with van der Waals surface area (Å²) in [6, 6.07) is 4.02. The van der Waals surface area contributed by atoms with Gasteiger partial charge in [-0.3, -0.25) is 4.79 Å². The number of carbonyl (C=O) groups is 1. The second-order valence-electron chi connectivity index (χ2n) is 3.65. The summed E-state index contributed by atoms with van der Waals surface area (Å²) in [7, 11) is 0. The first-order valence-corrected chi connectivity index (χ1v) is 5.79. The zero-order chi connectivity index (χ0) is 12.1. The van der Waals surface area contributed by atoms with Crippen LogP contribution in [0.25, 0.3) is 0 Å². The molecule has 0 radical (unpaired) electrons. The quantitative estimate of drug-likeness (QED) is 0.891. The van der Waals surface area contributed by atoms with Crippen molar-refractivity contribution in [2.24, 2.45) is 5.73 Å². The van der Waals surface area contributed by atoms with Crippen molar-refractivity contribution >= 4 is 21.8 Å². The fraction of sp³-hybridized carbons (Fsp3) is 0.364. The molecule has 1 unspecified atom stereocenters. The van der Waals surface area contributed by atoms with Gasteiger partial charge in [0.2, 0.25) is 0 Å². The summed E-state index contributed by atoms with van der Waals surface area (Å²) in [5.74, 6) is -0.605. The van der Waals surface area contributed by atoms with Crippen molar-refractivity contribution in [1.29, 1.82) is 0 Å². The number of benzene rings is 1. The van der Waals surface area contributed by atoms with Crippen LogP contribution < -0.4 is 11.1 Å². The largest absolute Gasteiger partial charge is 0.352 e. The van der Waals surface area contributed by atoms with E-state index in [2.05, 4.69) is 21.2 Å². The summed E-state index contributed by atoms with van der Waals surface area (Å²) in [5, 5.41) is 2.72. The van der Waals surface area contributed by atoms with Gasteiger partial charge in [0.15, 0.2) is 0 Å². The van der Waals surface area contributed by atoms with Crippen LogP contribution in [0.3, 0.4) is 0 Å². The number of hydrogen-bond donors (Lipinski definition) is 2. The molecule has 0 aliphatic carbocycles. The summed E-state index contributed by atoms with van der Waals surface area (Å²) >= 11 is 3.14. The molecule has 1 rings (SSSR count). The third kappa shape index (κ3) is 3.90. The average molecular weight is 289 g/mol. The molecule has 0 fully saturated rings. The lowest BCUT2D eigenvalue weighted by Crippen LogP contribution is -2.29. The number of amides is 1. The van der Waals surface area contributed by atoms with E-state index in [0.29, 0.717) is 23.0 Å². The summed E-state index contributed by atoms with van der Waals surface area (Å²) < 4.78 is 13.2. The van der Waals surface area contributed by atoms with Gasteiger partial charge in [-0.25, -0.2) is 4.39 Å². The predicted molar refractivity (Wildman–Crippen MR) is 64.7 cm³/mol. The van der Waals surface area contributed by atoms with Gasteiger partial charge < -0.3 is 11.1 Å². The molecule has 0 aromatic heterocycles. The maximum atomic E-state index is 12.8. The van der Waals surface area contributed by atoms with Gasteiger partial charge in [0.05, 0.1) is 5.56 Å². The summed E-state index contributed by atoms with van der Waals surface area (Å²) in [6.45, 7) is 2.39.